The van der Waals surface area contributed by atoms with Crippen molar-refractivity contribution < 1.29 is 0 Å². The third-order valence-corrected chi connectivity index (χ3v) is 5.22. The average Bonchev–Trinajstić information content (AvgIpc) is 2.67. The first-order valence-electron chi connectivity index (χ1n) is 7.79. The van der Waals surface area contributed by atoms with Crippen molar-refractivity contribution >= 4 is 21.6 Å². The highest BCUT2D eigenvalue weighted by atomic mass is 79.9. The number of halogens is 1. The zero-order chi connectivity index (χ0) is 14.5. The van der Waals surface area contributed by atoms with Crippen LogP contribution in [0.2, 0.25) is 0 Å². The molecule has 0 spiro atoms. The van der Waals surface area contributed by atoms with Gasteiger partial charge >= 0.3 is 0 Å². The predicted molar refractivity (Wildman–Crippen MR) is 91.3 cm³/mol. The van der Waals surface area contributed by atoms with Crippen LogP contribution in [-0.4, -0.2) is 20.1 Å². The van der Waals surface area contributed by atoms with E-state index >= 15 is 0 Å². The third-order valence-electron chi connectivity index (χ3n) is 4.48. The second-order valence-corrected chi connectivity index (χ2v) is 7.08. The molecule has 0 bridgehead atoms. The summed E-state index contributed by atoms with van der Waals surface area (Å²) in [6.45, 7) is 8.03. The topological polar surface area (TPSA) is 15.3 Å². The number of anilines is 1. The largest absolute Gasteiger partial charge is 0.371 e. The molecule has 0 amide bonds. The lowest BCUT2D eigenvalue weighted by atomic mass is 9.89. The van der Waals surface area contributed by atoms with Crippen molar-refractivity contribution in [3.8, 4) is 0 Å². The number of rotatable bonds is 4. The van der Waals surface area contributed by atoms with Crippen LogP contribution in [-0.2, 0) is 6.54 Å². The van der Waals surface area contributed by atoms with Crippen molar-refractivity contribution in [3.05, 3.63) is 28.2 Å². The Morgan fingerprint density at radius 2 is 2.10 bits per heavy atom. The first kappa shape index (κ1) is 15.8. The molecule has 1 aliphatic heterocycles. The van der Waals surface area contributed by atoms with Gasteiger partial charge in [-0.15, -0.1) is 0 Å². The van der Waals surface area contributed by atoms with Gasteiger partial charge in [0.15, 0.2) is 0 Å². The summed E-state index contributed by atoms with van der Waals surface area (Å²) in [5.41, 5.74) is 2.69. The Hall–Kier alpha value is -0.540. The van der Waals surface area contributed by atoms with Gasteiger partial charge in [0, 0.05) is 29.8 Å². The molecular weight excluding hydrogens is 312 g/mol. The first-order chi connectivity index (χ1) is 9.61. The number of hydrogen-bond donors (Lipinski definition) is 1. The average molecular weight is 339 g/mol. The van der Waals surface area contributed by atoms with Gasteiger partial charge in [-0.1, -0.05) is 35.8 Å². The van der Waals surface area contributed by atoms with E-state index in [2.05, 4.69) is 58.2 Å². The van der Waals surface area contributed by atoms with Gasteiger partial charge in [0.25, 0.3) is 0 Å². The quantitative estimate of drug-likeness (QED) is 0.873. The molecule has 1 heterocycles. The molecule has 0 saturated carbocycles. The van der Waals surface area contributed by atoms with Gasteiger partial charge in [-0.2, -0.15) is 0 Å². The van der Waals surface area contributed by atoms with Crippen LogP contribution in [0.5, 0.6) is 0 Å². The first-order valence-corrected chi connectivity index (χ1v) is 8.59. The number of nitrogens with one attached hydrogen (secondary N) is 1. The minimum Gasteiger partial charge on any atom is -0.371 e. The Morgan fingerprint density at radius 1 is 1.30 bits per heavy atom. The molecule has 0 aromatic heterocycles. The van der Waals surface area contributed by atoms with E-state index in [1.54, 1.807) is 0 Å². The van der Waals surface area contributed by atoms with Gasteiger partial charge in [-0.25, -0.2) is 0 Å². The molecule has 2 nitrogen and oxygen atoms in total. The van der Waals surface area contributed by atoms with Crippen LogP contribution in [0, 0.1) is 11.8 Å². The number of benzene rings is 1. The normalized spacial score (nSPS) is 20.2. The lowest BCUT2D eigenvalue weighted by Gasteiger charge is -2.24. The van der Waals surface area contributed by atoms with Crippen LogP contribution >= 0.6 is 15.9 Å². The monoisotopic (exact) mass is 338 g/mol. The highest BCUT2D eigenvalue weighted by molar-refractivity contribution is 9.10. The van der Waals surface area contributed by atoms with E-state index in [1.165, 1.54) is 48.1 Å². The molecule has 1 aliphatic rings. The molecule has 112 valence electrons. The SMILES string of the molecule is CNCc1ccc(N2CCCC(C(C)C)CC2)cc1Br. The summed E-state index contributed by atoms with van der Waals surface area (Å²) < 4.78 is 1.22. The molecule has 1 aromatic carbocycles. The second-order valence-electron chi connectivity index (χ2n) is 6.23. The lowest BCUT2D eigenvalue weighted by molar-refractivity contribution is 0.351. The number of hydrogen-bond acceptors (Lipinski definition) is 2. The zero-order valence-electron chi connectivity index (χ0n) is 13.0. The maximum absolute atomic E-state index is 3.70. The molecule has 1 aromatic rings. The molecule has 20 heavy (non-hydrogen) atoms. The Balaban J connectivity index is 2.06. The van der Waals surface area contributed by atoms with Gasteiger partial charge < -0.3 is 10.2 Å². The van der Waals surface area contributed by atoms with E-state index in [9.17, 15) is 0 Å². The molecular formula is C17H27BrN2. The third kappa shape index (κ3) is 3.98. The smallest absolute Gasteiger partial charge is 0.0377 e. The summed E-state index contributed by atoms with van der Waals surface area (Å²) in [7, 11) is 1.99. The summed E-state index contributed by atoms with van der Waals surface area (Å²) in [4.78, 5) is 2.55. The lowest BCUT2D eigenvalue weighted by Crippen LogP contribution is -2.24. The highest BCUT2D eigenvalue weighted by Gasteiger charge is 2.19. The maximum atomic E-state index is 3.70. The van der Waals surface area contributed by atoms with Crippen molar-refractivity contribution in [2.75, 3.05) is 25.0 Å². The molecule has 0 radical (unpaired) electrons. The molecule has 1 unspecified atom stereocenters. The minimum absolute atomic E-state index is 0.819. The molecule has 1 saturated heterocycles. The van der Waals surface area contributed by atoms with Crippen LogP contribution < -0.4 is 10.2 Å². The van der Waals surface area contributed by atoms with Gasteiger partial charge in [-0.3, -0.25) is 0 Å². The zero-order valence-corrected chi connectivity index (χ0v) is 14.5. The molecule has 0 aliphatic carbocycles. The Bertz CT molecular complexity index is 431. The van der Waals surface area contributed by atoms with Crippen LogP contribution in [0.15, 0.2) is 22.7 Å². The molecule has 2 rings (SSSR count). The summed E-state index contributed by atoms with van der Waals surface area (Å²) in [6.07, 6.45) is 4.03. The van der Waals surface area contributed by atoms with E-state index in [1.807, 2.05) is 7.05 Å². The predicted octanol–water partition coefficient (Wildman–Crippen LogP) is 4.43. The van der Waals surface area contributed by atoms with Gasteiger partial charge in [-0.05, 0) is 55.8 Å². The summed E-state index contributed by atoms with van der Waals surface area (Å²) in [6, 6.07) is 6.79. The molecule has 1 N–H and O–H groups in total. The van der Waals surface area contributed by atoms with Gasteiger partial charge in [0.1, 0.15) is 0 Å². The molecule has 1 fully saturated rings. The van der Waals surface area contributed by atoms with Gasteiger partial charge in [0.05, 0.1) is 0 Å². The van der Waals surface area contributed by atoms with Crippen LogP contribution in [0.1, 0.15) is 38.7 Å². The Labute approximate surface area is 132 Å². The standard InChI is InChI=1S/C17H27BrN2/c1-13(2)14-5-4-9-20(10-8-14)16-7-6-15(12-19-3)17(18)11-16/h6-7,11,13-14,19H,4-5,8-10,12H2,1-3H3. The molecule has 3 heteroatoms. The maximum Gasteiger partial charge on any atom is 0.0377 e. The fraction of sp³-hybridized carbons (Fsp3) is 0.647. The molecule has 1 atom stereocenters. The van der Waals surface area contributed by atoms with Crippen molar-refractivity contribution in [1.82, 2.24) is 5.32 Å². The summed E-state index contributed by atoms with van der Waals surface area (Å²) in [5, 5.41) is 3.21. The van der Waals surface area contributed by atoms with Crippen LogP contribution in [0.4, 0.5) is 5.69 Å². The summed E-state index contributed by atoms with van der Waals surface area (Å²) >= 11 is 3.70. The fourth-order valence-corrected chi connectivity index (χ4v) is 3.62. The Kier molecular flexibility index (Phi) is 5.91. The fourth-order valence-electron chi connectivity index (χ4n) is 3.11. The van der Waals surface area contributed by atoms with Crippen molar-refractivity contribution in [3.63, 3.8) is 0 Å². The van der Waals surface area contributed by atoms with Crippen LogP contribution in [0.3, 0.4) is 0 Å². The summed E-state index contributed by atoms with van der Waals surface area (Å²) in [5.74, 6) is 1.71. The van der Waals surface area contributed by atoms with E-state index in [4.69, 9.17) is 0 Å². The van der Waals surface area contributed by atoms with Crippen molar-refractivity contribution in [2.45, 2.75) is 39.7 Å². The van der Waals surface area contributed by atoms with Crippen molar-refractivity contribution in [1.29, 1.82) is 0 Å². The van der Waals surface area contributed by atoms with E-state index in [-0.39, 0.29) is 0 Å². The van der Waals surface area contributed by atoms with Crippen molar-refractivity contribution in [2.24, 2.45) is 11.8 Å². The second kappa shape index (κ2) is 7.46. The van der Waals surface area contributed by atoms with Crippen LogP contribution in [0.25, 0.3) is 0 Å². The van der Waals surface area contributed by atoms with E-state index in [0.717, 1.165) is 18.4 Å². The van der Waals surface area contributed by atoms with E-state index < -0.39 is 0 Å². The van der Waals surface area contributed by atoms with E-state index in [0.29, 0.717) is 0 Å². The van der Waals surface area contributed by atoms with Gasteiger partial charge in [0.2, 0.25) is 0 Å². The number of nitrogens with zero attached hydrogens (tertiary/aromatic N) is 1. The highest BCUT2D eigenvalue weighted by Crippen LogP contribution is 2.29. The minimum atomic E-state index is 0.819. The Morgan fingerprint density at radius 3 is 2.75 bits per heavy atom.